The molecule has 0 saturated heterocycles. The summed E-state index contributed by atoms with van der Waals surface area (Å²) >= 11 is 5.00. The molecule has 84 valence electrons. The van der Waals surface area contributed by atoms with Gasteiger partial charge in [-0.05, 0) is 28.1 Å². The Hall–Kier alpha value is -0.390. The molecule has 0 aliphatic rings. The van der Waals surface area contributed by atoms with Gasteiger partial charge in [0.15, 0.2) is 0 Å². The molecule has 1 atom stereocenters. The average Bonchev–Trinajstić information content (AvgIpc) is 2.65. The number of hydrogen-bond acceptors (Lipinski definition) is 4. The Bertz CT molecular complexity index is 353. The first-order valence-corrected chi connectivity index (χ1v) is 6.15. The van der Waals surface area contributed by atoms with Gasteiger partial charge in [0.25, 0.3) is 0 Å². The molecule has 0 aromatic carbocycles. The fourth-order valence-electron chi connectivity index (χ4n) is 1.29. The van der Waals surface area contributed by atoms with E-state index in [1.807, 2.05) is 19.1 Å². The Balaban J connectivity index is 2.89. The van der Waals surface area contributed by atoms with E-state index in [0.717, 1.165) is 8.66 Å². The maximum Gasteiger partial charge on any atom is 0.306 e. The van der Waals surface area contributed by atoms with E-state index in [9.17, 15) is 4.79 Å². The van der Waals surface area contributed by atoms with Crippen LogP contribution in [0.15, 0.2) is 15.9 Å². The van der Waals surface area contributed by atoms with Crippen molar-refractivity contribution >= 4 is 33.2 Å². The van der Waals surface area contributed by atoms with Crippen LogP contribution in [0.25, 0.3) is 0 Å². The van der Waals surface area contributed by atoms with Crippen molar-refractivity contribution < 1.29 is 9.53 Å². The Morgan fingerprint density at radius 2 is 2.33 bits per heavy atom. The molecule has 0 aliphatic carbocycles. The average molecular weight is 292 g/mol. The maximum atomic E-state index is 11.3. The van der Waals surface area contributed by atoms with E-state index < -0.39 is 0 Å². The highest BCUT2D eigenvalue weighted by Crippen LogP contribution is 2.34. The van der Waals surface area contributed by atoms with Crippen molar-refractivity contribution in [3.63, 3.8) is 0 Å². The fourth-order valence-corrected chi connectivity index (χ4v) is 2.83. The minimum absolute atomic E-state index is 0.229. The quantitative estimate of drug-likeness (QED) is 0.866. The van der Waals surface area contributed by atoms with E-state index in [1.165, 1.54) is 7.11 Å². The zero-order valence-corrected chi connectivity index (χ0v) is 11.2. The number of ether oxygens (including phenoxy) is 1. The predicted octanol–water partition coefficient (Wildman–Crippen LogP) is 2.29. The van der Waals surface area contributed by atoms with Crippen molar-refractivity contribution in [2.75, 3.05) is 13.7 Å². The van der Waals surface area contributed by atoms with Crippen molar-refractivity contribution in [3.05, 3.63) is 20.8 Å². The van der Waals surface area contributed by atoms with Gasteiger partial charge in [0.1, 0.15) is 0 Å². The van der Waals surface area contributed by atoms with E-state index in [2.05, 4.69) is 20.7 Å². The molecule has 0 bridgehead atoms. The first kappa shape index (κ1) is 12.7. The number of nitrogens with two attached hydrogens (primary N) is 1. The third-order valence-electron chi connectivity index (χ3n) is 2.38. The second kappa shape index (κ2) is 5.09. The molecule has 3 nitrogen and oxygen atoms in total. The monoisotopic (exact) mass is 291 g/mol. The molecular formula is C10H14BrNO2S. The minimum Gasteiger partial charge on any atom is -0.469 e. The van der Waals surface area contributed by atoms with Gasteiger partial charge in [0, 0.05) is 16.8 Å². The first-order chi connectivity index (χ1) is 7.01. The lowest BCUT2D eigenvalue weighted by Crippen LogP contribution is -2.33. The Kier molecular flexibility index (Phi) is 4.31. The predicted molar refractivity (Wildman–Crippen MR) is 65.1 cm³/mol. The Morgan fingerprint density at radius 3 is 2.73 bits per heavy atom. The summed E-state index contributed by atoms with van der Waals surface area (Å²) in [6.45, 7) is 2.40. The summed E-state index contributed by atoms with van der Waals surface area (Å²) in [5.74, 6) is -0.229. The highest BCUT2D eigenvalue weighted by Gasteiger charge is 2.30. The number of thiophene rings is 1. The van der Waals surface area contributed by atoms with Crippen LogP contribution in [0.2, 0.25) is 0 Å². The second-order valence-electron chi connectivity index (χ2n) is 3.62. The number of methoxy groups -OCH3 is 1. The van der Waals surface area contributed by atoms with Crippen LogP contribution in [-0.2, 0) is 14.9 Å². The lowest BCUT2D eigenvalue weighted by molar-refractivity contribution is -0.141. The summed E-state index contributed by atoms with van der Waals surface area (Å²) in [6, 6.07) is 3.95. The van der Waals surface area contributed by atoms with Crippen LogP contribution in [0.4, 0.5) is 0 Å². The second-order valence-corrected chi connectivity index (χ2v) is 6.08. The smallest absolute Gasteiger partial charge is 0.306 e. The molecule has 0 saturated carbocycles. The number of halogens is 1. The fraction of sp³-hybridized carbons (Fsp3) is 0.500. The normalized spacial score (nSPS) is 14.7. The van der Waals surface area contributed by atoms with Crippen molar-refractivity contribution in [2.45, 2.75) is 18.8 Å². The van der Waals surface area contributed by atoms with E-state index in [0.29, 0.717) is 13.0 Å². The molecule has 1 aromatic rings. The first-order valence-electron chi connectivity index (χ1n) is 4.54. The molecule has 5 heteroatoms. The Morgan fingerprint density at radius 1 is 1.67 bits per heavy atom. The molecule has 1 unspecified atom stereocenters. The zero-order chi connectivity index (χ0) is 11.5. The molecule has 1 aromatic heterocycles. The summed E-state index contributed by atoms with van der Waals surface area (Å²) in [6.07, 6.45) is 0.312. The van der Waals surface area contributed by atoms with E-state index >= 15 is 0 Å². The van der Waals surface area contributed by atoms with Crippen LogP contribution < -0.4 is 5.73 Å². The maximum absolute atomic E-state index is 11.3. The molecule has 0 aliphatic heterocycles. The highest BCUT2D eigenvalue weighted by molar-refractivity contribution is 9.11. The molecule has 15 heavy (non-hydrogen) atoms. The number of carbonyl (C=O) groups is 1. The van der Waals surface area contributed by atoms with Crippen LogP contribution in [0.3, 0.4) is 0 Å². The third kappa shape index (κ3) is 3.03. The Labute approximate surface area is 102 Å². The molecule has 0 fully saturated rings. The lowest BCUT2D eigenvalue weighted by atomic mass is 9.85. The molecule has 0 amide bonds. The summed E-state index contributed by atoms with van der Waals surface area (Å²) in [5.41, 5.74) is 5.41. The molecule has 0 spiro atoms. The van der Waals surface area contributed by atoms with Gasteiger partial charge in [-0.1, -0.05) is 6.92 Å². The van der Waals surface area contributed by atoms with Crippen LogP contribution in [-0.4, -0.2) is 19.6 Å². The summed E-state index contributed by atoms with van der Waals surface area (Å²) in [4.78, 5) is 12.4. The summed E-state index contributed by atoms with van der Waals surface area (Å²) in [7, 11) is 1.39. The third-order valence-corrected chi connectivity index (χ3v) is 4.31. The standard InChI is InChI=1S/C10H14BrNO2S/c1-10(6-12,5-9(13)14-2)7-3-4-8(11)15-7/h3-4H,5-6,12H2,1-2H3. The summed E-state index contributed by atoms with van der Waals surface area (Å²) < 4.78 is 5.72. The van der Waals surface area contributed by atoms with Gasteiger partial charge in [-0.3, -0.25) is 4.79 Å². The van der Waals surface area contributed by atoms with Gasteiger partial charge < -0.3 is 10.5 Å². The van der Waals surface area contributed by atoms with Gasteiger partial charge in [0.2, 0.25) is 0 Å². The zero-order valence-electron chi connectivity index (χ0n) is 8.75. The lowest BCUT2D eigenvalue weighted by Gasteiger charge is -2.25. The molecular weight excluding hydrogens is 278 g/mol. The van der Waals surface area contributed by atoms with Gasteiger partial charge in [0.05, 0.1) is 17.3 Å². The van der Waals surface area contributed by atoms with Crippen LogP contribution in [0, 0.1) is 0 Å². The SMILES string of the molecule is COC(=O)CC(C)(CN)c1ccc(Br)s1. The molecule has 2 N–H and O–H groups in total. The van der Waals surface area contributed by atoms with Crippen molar-refractivity contribution in [2.24, 2.45) is 5.73 Å². The molecule has 0 radical (unpaired) electrons. The minimum atomic E-state index is -0.330. The number of rotatable bonds is 4. The largest absolute Gasteiger partial charge is 0.469 e. The van der Waals surface area contributed by atoms with Crippen molar-refractivity contribution in [1.82, 2.24) is 0 Å². The van der Waals surface area contributed by atoms with E-state index in [1.54, 1.807) is 11.3 Å². The van der Waals surface area contributed by atoms with Crippen molar-refractivity contribution in [1.29, 1.82) is 0 Å². The van der Waals surface area contributed by atoms with E-state index in [4.69, 9.17) is 5.73 Å². The molecule has 1 heterocycles. The van der Waals surface area contributed by atoms with E-state index in [-0.39, 0.29) is 11.4 Å². The number of hydrogen-bond donors (Lipinski definition) is 1. The highest BCUT2D eigenvalue weighted by atomic mass is 79.9. The van der Waals surface area contributed by atoms with Gasteiger partial charge in [-0.2, -0.15) is 0 Å². The van der Waals surface area contributed by atoms with Crippen LogP contribution in [0.1, 0.15) is 18.2 Å². The summed E-state index contributed by atoms with van der Waals surface area (Å²) in [5, 5.41) is 0. The van der Waals surface area contributed by atoms with Gasteiger partial charge in [-0.25, -0.2) is 0 Å². The number of esters is 1. The van der Waals surface area contributed by atoms with Crippen molar-refractivity contribution in [3.8, 4) is 0 Å². The van der Waals surface area contributed by atoms with Crippen LogP contribution >= 0.6 is 27.3 Å². The van der Waals surface area contributed by atoms with Gasteiger partial charge >= 0.3 is 5.97 Å². The van der Waals surface area contributed by atoms with Gasteiger partial charge in [-0.15, -0.1) is 11.3 Å². The molecule has 1 rings (SSSR count). The number of carbonyl (C=O) groups excluding carboxylic acids is 1. The topological polar surface area (TPSA) is 52.3 Å². The van der Waals surface area contributed by atoms with Crippen LogP contribution in [0.5, 0.6) is 0 Å².